The van der Waals surface area contributed by atoms with Gasteiger partial charge in [-0.3, -0.25) is 9.69 Å². The third-order valence-corrected chi connectivity index (χ3v) is 8.55. The Hall–Kier alpha value is -3.34. The number of piperazine rings is 1. The van der Waals surface area contributed by atoms with Crippen molar-refractivity contribution in [3.8, 4) is 6.01 Å². The zero-order chi connectivity index (χ0) is 28.7. The van der Waals surface area contributed by atoms with E-state index in [1.165, 1.54) is 4.90 Å². The number of fused-ring (bicyclic) bond motifs is 2. The van der Waals surface area contributed by atoms with Crippen molar-refractivity contribution in [2.24, 2.45) is 0 Å². The monoisotopic (exact) mass is 583 g/mol. The molecular formula is C30H32ClF2N5O3. The number of ether oxygens (including phenoxy) is 2. The summed E-state index contributed by atoms with van der Waals surface area (Å²) in [5, 5.41) is 2.65. The van der Waals surface area contributed by atoms with E-state index >= 15 is 0 Å². The lowest BCUT2D eigenvalue weighted by Crippen LogP contribution is -2.49. The number of likely N-dealkylation sites (N-methyl/N-ethyl adjacent to an activating group) is 1. The summed E-state index contributed by atoms with van der Waals surface area (Å²) in [7, 11) is 1.89. The molecule has 41 heavy (non-hydrogen) atoms. The number of hydrogen-bond donors (Lipinski definition) is 0. The average Bonchev–Trinajstić information content (AvgIpc) is 3.31. The van der Waals surface area contributed by atoms with Gasteiger partial charge in [0.2, 0.25) is 0 Å². The molecule has 2 fully saturated rings. The van der Waals surface area contributed by atoms with Crippen LogP contribution < -0.4 is 9.64 Å². The van der Waals surface area contributed by atoms with Crippen LogP contribution in [-0.4, -0.2) is 84.3 Å². The maximum atomic E-state index is 13.9. The lowest BCUT2D eigenvalue weighted by atomic mass is 9.94. The molecule has 2 saturated heterocycles. The number of anilines is 1. The minimum atomic E-state index is -0.964. The fraction of sp³-hybridized carbons (Fsp3) is 0.433. The van der Waals surface area contributed by atoms with Crippen LogP contribution in [0.4, 0.5) is 14.6 Å². The fourth-order valence-corrected chi connectivity index (χ4v) is 6.31. The van der Waals surface area contributed by atoms with Crippen LogP contribution in [0.25, 0.3) is 10.8 Å². The Bertz CT molecular complexity index is 1480. The van der Waals surface area contributed by atoms with E-state index in [0.717, 1.165) is 27.6 Å². The molecule has 3 aliphatic rings. The quantitative estimate of drug-likeness (QED) is 0.391. The van der Waals surface area contributed by atoms with Crippen molar-refractivity contribution in [1.29, 1.82) is 0 Å². The maximum absolute atomic E-state index is 13.9. The van der Waals surface area contributed by atoms with E-state index in [2.05, 4.69) is 11.5 Å². The molecule has 0 aliphatic carbocycles. The number of carbonyl (C=O) groups excluding carboxylic acids is 1. The first-order valence-electron chi connectivity index (χ1n) is 13.8. The van der Waals surface area contributed by atoms with Crippen LogP contribution in [0, 0.1) is 0 Å². The third kappa shape index (κ3) is 5.60. The number of nitrogens with zero attached hydrogens (tertiary/aromatic N) is 5. The van der Waals surface area contributed by atoms with Gasteiger partial charge in [0.15, 0.2) is 5.83 Å². The molecule has 216 valence electrons. The fourth-order valence-electron chi connectivity index (χ4n) is 6.02. The smallest absolute Gasteiger partial charge is 0.318 e. The molecule has 3 aliphatic heterocycles. The van der Waals surface area contributed by atoms with Crippen molar-refractivity contribution in [3.05, 3.63) is 70.6 Å². The summed E-state index contributed by atoms with van der Waals surface area (Å²) in [6.07, 6.45) is -0.262. The summed E-state index contributed by atoms with van der Waals surface area (Å²) in [5.74, 6) is -0.979. The molecule has 11 heteroatoms. The maximum Gasteiger partial charge on any atom is 0.318 e. The van der Waals surface area contributed by atoms with Gasteiger partial charge in [-0.25, -0.2) is 8.78 Å². The highest BCUT2D eigenvalue weighted by atomic mass is 35.5. The predicted octanol–water partition coefficient (Wildman–Crippen LogP) is 4.65. The molecule has 1 unspecified atom stereocenters. The zero-order valence-corrected chi connectivity index (χ0v) is 23.6. The van der Waals surface area contributed by atoms with Gasteiger partial charge in [-0.2, -0.15) is 9.97 Å². The van der Waals surface area contributed by atoms with Crippen LogP contribution in [0.15, 0.2) is 48.8 Å². The Morgan fingerprint density at radius 2 is 1.93 bits per heavy atom. The molecule has 0 spiro atoms. The number of aromatic nitrogens is 2. The molecular weight excluding hydrogens is 552 g/mol. The van der Waals surface area contributed by atoms with Gasteiger partial charge in [0.1, 0.15) is 18.6 Å². The van der Waals surface area contributed by atoms with E-state index in [-0.39, 0.29) is 31.4 Å². The number of amides is 1. The van der Waals surface area contributed by atoms with Crippen LogP contribution >= 0.6 is 11.6 Å². The molecule has 1 aromatic heterocycles. The highest BCUT2D eigenvalue weighted by Gasteiger charge is 2.33. The van der Waals surface area contributed by atoms with Crippen molar-refractivity contribution in [2.75, 3.05) is 51.3 Å². The van der Waals surface area contributed by atoms with Gasteiger partial charge >= 0.3 is 6.01 Å². The van der Waals surface area contributed by atoms with Crippen molar-refractivity contribution in [2.45, 2.75) is 37.8 Å². The van der Waals surface area contributed by atoms with Gasteiger partial charge in [-0.05, 0) is 30.5 Å². The number of halogens is 3. The van der Waals surface area contributed by atoms with E-state index in [0.29, 0.717) is 56.4 Å². The Labute approximate surface area is 242 Å². The SMILES string of the molecule is C=C(F)C(=O)N1CCN(c2nc(OC[C@@H]3C[C@H](F)CN3C)nc3c2COC(c2cccc4cccc(Cl)c24)C3)CC1. The molecule has 3 atom stereocenters. The molecule has 4 heterocycles. The zero-order valence-electron chi connectivity index (χ0n) is 22.9. The molecule has 3 aromatic rings. The molecule has 6 rings (SSSR count). The van der Waals surface area contributed by atoms with Crippen LogP contribution in [0.1, 0.15) is 29.3 Å². The van der Waals surface area contributed by atoms with Crippen LogP contribution in [0.2, 0.25) is 5.02 Å². The highest BCUT2D eigenvalue weighted by molar-refractivity contribution is 6.35. The summed E-state index contributed by atoms with van der Waals surface area (Å²) >= 11 is 6.62. The van der Waals surface area contributed by atoms with Gasteiger partial charge in [0.05, 0.1) is 18.4 Å². The standard InChI is InChI=1S/C30H32ClF2N5O3/c1-18(32)29(39)38-11-9-37(10-12-38)28-23-17-40-26(22-7-3-5-19-6-4-8-24(31)27(19)22)14-25(23)34-30(35-28)41-16-21-13-20(33)15-36(21)2/h3-8,20-21,26H,1,9-17H2,2H3/t20-,21-,26?/m0/s1. The third-order valence-electron chi connectivity index (χ3n) is 8.23. The Morgan fingerprint density at radius 1 is 1.17 bits per heavy atom. The topological polar surface area (TPSA) is 71.0 Å². The number of likely N-dealkylation sites (tertiary alicyclic amines) is 1. The molecule has 1 amide bonds. The highest BCUT2D eigenvalue weighted by Crippen LogP contribution is 2.39. The largest absolute Gasteiger partial charge is 0.462 e. The number of hydrogen-bond acceptors (Lipinski definition) is 7. The first kappa shape index (κ1) is 27.8. The molecule has 8 nitrogen and oxygen atoms in total. The van der Waals surface area contributed by atoms with Crippen LogP contribution in [0.3, 0.4) is 0 Å². The van der Waals surface area contributed by atoms with Gasteiger partial charge in [0.25, 0.3) is 5.91 Å². The summed E-state index contributed by atoms with van der Waals surface area (Å²) in [4.78, 5) is 27.1. The van der Waals surface area contributed by atoms with Crippen molar-refractivity contribution in [1.82, 2.24) is 19.8 Å². The number of carbonyl (C=O) groups is 1. The first-order valence-corrected chi connectivity index (χ1v) is 14.2. The summed E-state index contributed by atoms with van der Waals surface area (Å²) in [5.41, 5.74) is 2.65. The van der Waals surface area contributed by atoms with Gasteiger partial charge in [-0.1, -0.05) is 48.5 Å². The second-order valence-electron chi connectivity index (χ2n) is 10.9. The van der Waals surface area contributed by atoms with Gasteiger partial charge < -0.3 is 19.3 Å². The molecule has 0 N–H and O–H groups in total. The Kier molecular flexibility index (Phi) is 7.80. The first-order chi connectivity index (χ1) is 19.8. The summed E-state index contributed by atoms with van der Waals surface area (Å²) < 4.78 is 39.9. The number of benzene rings is 2. The van der Waals surface area contributed by atoms with E-state index < -0.39 is 17.9 Å². The van der Waals surface area contributed by atoms with Gasteiger partial charge in [-0.15, -0.1) is 0 Å². The number of alkyl halides is 1. The Morgan fingerprint density at radius 3 is 2.63 bits per heavy atom. The second-order valence-corrected chi connectivity index (χ2v) is 11.3. The lowest BCUT2D eigenvalue weighted by Gasteiger charge is -2.37. The summed E-state index contributed by atoms with van der Waals surface area (Å²) in [6.45, 7) is 5.65. The van der Waals surface area contributed by atoms with Gasteiger partial charge in [0, 0.05) is 61.2 Å². The number of rotatable bonds is 6. The predicted molar refractivity (Wildman–Crippen MR) is 153 cm³/mol. The second kappa shape index (κ2) is 11.5. The summed E-state index contributed by atoms with van der Waals surface area (Å²) in [6, 6.07) is 12.0. The molecule has 0 saturated carbocycles. The average molecular weight is 584 g/mol. The van der Waals surface area contributed by atoms with E-state index in [1.54, 1.807) is 0 Å². The molecule has 0 bridgehead atoms. The minimum absolute atomic E-state index is 0.0645. The van der Waals surface area contributed by atoms with E-state index in [4.69, 9.17) is 31.0 Å². The normalized spacial score (nSPS) is 23.1. The minimum Gasteiger partial charge on any atom is -0.462 e. The molecule has 2 aromatic carbocycles. The van der Waals surface area contributed by atoms with Crippen LogP contribution in [-0.2, 0) is 22.6 Å². The van der Waals surface area contributed by atoms with Crippen molar-refractivity contribution >= 4 is 34.1 Å². The lowest BCUT2D eigenvalue weighted by molar-refractivity contribution is -0.128. The van der Waals surface area contributed by atoms with E-state index in [1.807, 2.05) is 48.3 Å². The molecule has 0 radical (unpaired) electrons. The van der Waals surface area contributed by atoms with Crippen molar-refractivity contribution < 1.29 is 23.0 Å². The van der Waals surface area contributed by atoms with Crippen molar-refractivity contribution in [3.63, 3.8) is 0 Å². The van der Waals surface area contributed by atoms with E-state index in [9.17, 15) is 13.6 Å². The van der Waals surface area contributed by atoms with Crippen LogP contribution in [0.5, 0.6) is 6.01 Å². The Balaban J connectivity index is 1.30.